The first-order valence-electron chi connectivity index (χ1n) is 7.20. The van der Waals surface area contributed by atoms with Gasteiger partial charge in [0.1, 0.15) is 5.82 Å². The molecule has 3 heterocycles. The lowest BCUT2D eigenvalue weighted by Crippen LogP contribution is -2.18. The van der Waals surface area contributed by atoms with Crippen LogP contribution < -0.4 is 10.2 Å². The summed E-state index contributed by atoms with van der Waals surface area (Å²) in [5.41, 5.74) is 2.22. The lowest BCUT2D eigenvalue weighted by atomic mass is 10.1. The maximum atomic E-state index is 4.56. The predicted octanol–water partition coefficient (Wildman–Crippen LogP) is 3.25. The van der Waals surface area contributed by atoms with Crippen LogP contribution >= 0.6 is 0 Å². The molecule has 0 saturated carbocycles. The van der Waals surface area contributed by atoms with Gasteiger partial charge in [-0.15, -0.1) is 0 Å². The summed E-state index contributed by atoms with van der Waals surface area (Å²) >= 11 is 0. The number of hydrogen-bond donors (Lipinski definition) is 1. The minimum atomic E-state index is 0.225. The van der Waals surface area contributed by atoms with E-state index in [4.69, 9.17) is 0 Å². The normalized spacial score (nSPS) is 16.1. The van der Waals surface area contributed by atoms with Gasteiger partial charge in [-0.25, -0.2) is 4.98 Å². The van der Waals surface area contributed by atoms with E-state index in [2.05, 4.69) is 45.3 Å². The summed E-state index contributed by atoms with van der Waals surface area (Å²) in [4.78, 5) is 11.0. The summed E-state index contributed by atoms with van der Waals surface area (Å²) in [5.74, 6) is 1.09. The second kappa shape index (κ2) is 5.90. The molecule has 1 aliphatic rings. The SMILES string of the molecule is CC(Nc1ccc(N2CCCC2)nc1)c1cccnc1. The van der Waals surface area contributed by atoms with Gasteiger partial charge in [-0.2, -0.15) is 0 Å². The van der Waals surface area contributed by atoms with Crippen LogP contribution in [0.3, 0.4) is 0 Å². The zero-order valence-corrected chi connectivity index (χ0v) is 11.8. The van der Waals surface area contributed by atoms with Crippen LogP contribution in [0.15, 0.2) is 42.9 Å². The van der Waals surface area contributed by atoms with Gasteiger partial charge in [0, 0.05) is 25.5 Å². The molecule has 20 heavy (non-hydrogen) atoms. The van der Waals surface area contributed by atoms with E-state index in [0.29, 0.717) is 0 Å². The van der Waals surface area contributed by atoms with Crippen molar-refractivity contribution in [3.63, 3.8) is 0 Å². The molecule has 0 aromatic carbocycles. The fourth-order valence-electron chi connectivity index (χ4n) is 2.57. The third kappa shape index (κ3) is 2.90. The third-order valence-corrected chi connectivity index (χ3v) is 3.75. The molecule has 4 heteroatoms. The van der Waals surface area contributed by atoms with E-state index in [1.54, 1.807) is 6.20 Å². The first-order valence-corrected chi connectivity index (χ1v) is 7.20. The van der Waals surface area contributed by atoms with Gasteiger partial charge in [0.2, 0.25) is 0 Å². The van der Waals surface area contributed by atoms with Gasteiger partial charge in [0.05, 0.1) is 17.9 Å². The van der Waals surface area contributed by atoms with E-state index >= 15 is 0 Å². The third-order valence-electron chi connectivity index (χ3n) is 3.75. The van der Waals surface area contributed by atoms with E-state index in [-0.39, 0.29) is 6.04 Å². The zero-order valence-electron chi connectivity index (χ0n) is 11.8. The van der Waals surface area contributed by atoms with Crippen LogP contribution in [0.4, 0.5) is 11.5 Å². The molecule has 0 bridgehead atoms. The van der Waals surface area contributed by atoms with E-state index < -0.39 is 0 Å². The number of pyridine rings is 2. The van der Waals surface area contributed by atoms with Crippen molar-refractivity contribution in [3.8, 4) is 0 Å². The topological polar surface area (TPSA) is 41.0 Å². The molecule has 1 unspecified atom stereocenters. The van der Waals surface area contributed by atoms with Crippen molar-refractivity contribution in [1.29, 1.82) is 0 Å². The molecular formula is C16H20N4. The van der Waals surface area contributed by atoms with Crippen LogP contribution in [0, 0.1) is 0 Å². The Bertz CT molecular complexity index is 532. The highest BCUT2D eigenvalue weighted by atomic mass is 15.2. The van der Waals surface area contributed by atoms with E-state index in [1.165, 1.54) is 18.4 Å². The van der Waals surface area contributed by atoms with Gasteiger partial charge in [-0.05, 0) is 43.5 Å². The van der Waals surface area contributed by atoms with Crippen molar-refractivity contribution >= 4 is 11.5 Å². The average Bonchev–Trinajstić information content (AvgIpc) is 3.03. The van der Waals surface area contributed by atoms with E-state index in [1.807, 2.05) is 18.5 Å². The Labute approximate surface area is 119 Å². The van der Waals surface area contributed by atoms with Crippen LogP contribution in [-0.4, -0.2) is 23.1 Å². The number of rotatable bonds is 4. The van der Waals surface area contributed by atoms with E-state index in [0.717, 1.165) is 24.6 Å². The summed E-state index contributed by atoms with van der Waals surface area (Å²) in [6, 6.07) is 8.47. The highest BCUT2D eigenvalue weighted by Crippen LogP contribution is 2.21. The smallest absolute Gasteiger partial charge is 0.128 e. The molecule has 2 aromatic heterocycles. The number of anilines is 2. The van der Waals surface area contributed by atoms with Gasteiger partial charge in [0.15, 0.2) is 0 Å². The Hall–Kier alpha value is -2.10. The van der Waals surface area contributed by atoms with Crippen molar-refractivity contribution < 1.29 is 0 Å². The second-order valence-corrected chi connectivity index (χ2v) is 5.25. The van der Waals surface area contributed by atoms with Crippen LogP contribution in [0.1, 0.15) is 31.4 Å². The number of nitrogens with zero attached hydrogens (tertiary/aromatic N) is 3. The highest BCUT2D eigenvalue weighted by molar-refractivity contribution is 5.50. The first-order chi connectivity index (χ1) is 9.83. The molecule has 1 saturated heterocycles. The molecule has 2 aromatic rings. The summed E-state index contributed by atoms with van der Waals surface area (Å²) in [6.07, 6.45) is 8.16. The van der Waals surface area contributed by atoms with Gasteiger partial charge >= 0.3 is 0 Å². The average molecular weight is 268 g/mol. The fourth-order valence-corrected chi connectivity index (χ4v) is 2.57. The van der Waals surface area contributed by atoms with Gasteiger partial charge < -0.3 is 10.2 Å². The van der Waals surface area contributed by atoms with Gasteiger partial charge in [0.25, 0.3) is 0 Å². The molecule has 0 radical (unpaired) electrons. The molecule has 1 N–H and O–H groups in total. The van der Waals surface area contributed by atoms with Gasteiger partial charge in [-0.1, -0.05) is 6.07 Å². The first kappa shape index (κ1) is 12.9. The van der Waals surface area contributed by atoms with Crippen molar-refractivity contribution in [1.82, 2.24) is 9.97 Å². The summed E-state index contributed by atoms with van der Waals surface area (Å²) in [5, 5.41) is 3.45. The molecule has 1 aliphatic heterocycles. The molecule has 104 valence electrons. The molecule has 0 spiro atoms. The molecule has 4 nitrogen and oxygen atoms in total. The highest BCUT2D eigenvalue weighted by Gasteiger charge is 2.13. The molecule has 1 fully saturated rings. The number of nitrogens with one attached hydrogen (secondary N) is 1. The largest absolute Gasteiger partial charge is 0.377 e. The quantitative estimate of drug-likeness (QED) is 0.924. The standard InChI is InChI=1S/C16H20N4/c1-13(14-5-4-8-17-11-14)19-15-6-7-16(18-12-15)20-9-2-3-10-20/h4-8,11-13,19H,2-3,9-10H2,1H3. The van der Waals surface area contributed by atoms with Crippen LogP contribution in [0.2, 0.25) is 0 Å². The predicted molar refractivity (Wildman–Crippen MR) is 82.0 cm³/mol. The Morgan fingerprint density at radius 3 is 2.65 bits per heavy atom. The molecule has 0 aliphatic carbocycles. The molecular weight excluding hydrogens is 248 g/mol. The number of aromatic nitrogens is 2. The van der Waals surface area contributed by atoms with Crippen molar-refractivity contribution in [2.24, 2.45) is 0 Å². The zero-order chi connectivity index (χ0) is 13.8. The summed E-state index contributed by atoms with van der Waals surface area (Å²) in [6.45, 7) is 4.39. The van der Waals surface area contributed by atoms with Crippen LogP contribution in [-0.2, 0) is 0 Å². The Kier molecular flexibility index (Phi) is 3.81. The number of hydrogen-bond acceptors (Lipinski definition) is 4. The molecule has 1 atom stereocenters. The maximum Gasteiger partial charge on any atom is 0.128 e. The summed E-state index contributed by atoms with van der Waals surface area (Å²) < 4.78 is 0. The molecule has 3 rings (SSSR count). The minimum absolute atomic E-state index is 0.225. The second-order valence-electron chi connectivity index (χ2n) is 5.25. The fraction of sp³-hybridized carbons (Fsp3) is 0.375. The van der Waals surface area contributed by atoms with Crippen LogP contribution in [0.25, 0.3) is 0 Å². The minimum Gasteiger partial charge on any atom is -0.377 e. The van der Waals surface area contributed by atoms with Crippen LogP contribution in [0.5, 0.6) is 0 Å². The monoisotopic (exact) mass is 268 g/mol. The van der Waals surface area contributed by atoms with E-state index in [9.17, 15) is 0 Å². The summed E-state index contributed by atoms with van der Waals surface area (Å²) in [7, 11) is 0. The Morgan fingerprint density at radius 2 is 2.00 bits per heavy atom. The van der Waals surface area contributed by atoms with Crippen molar-refractivity contribution in [3.05, 3.63) is 48.4 Å². The lowest BCUT2D eigenvalue weighted by molar-refractivity contribution is 0.872. The maximum absolute atomic E-state index is 4.56. The van der Waals surface area contributed by atoms with Crippen molar-refractivity contribution in [2.75, 3.05) is 23.3 Å². The Balaban J connectivity index is 1.66. The Morgan fingerprint density at radius 1 is 1.15 bits per heavy atom. The lowest BCUT2D eigenvalue weighted by Gasteiger charge is -2.18. The molecule has 0 amide bonds. The van der Waals surface area contributed by atoms with Crippen molar-refractivity contribution in [2.45, 2.75) is 25.8 Å². The van der Waals surface area contributed by atoms with Gasteiger partial charge in [-0.3, -0.25) is 4.98 Å².